The largest absolute Gasteiger partial charge is 0.374 e. The fraction of sp³-hybridized carbons (Fsp3) is 0.292. The summed E-state index contributed by atoms with van der Waals surface area (Å²) in [6.07, 6.45) is 6.14. The second kappa shape index (κ2) is 7.56. The summed E-state index contributed by atoms with van der Waals surface area (Å²) in [6, 6.07) is 9.38. The highest BCUT2D eigenvalue weighted by Crippen LogP contribution is 2.47. The van der Waals surface area contributed by atoms with Crippen LogP contribution >= 0.6 is 11.6 Å². The van der Waals surface area contributed by atoms with Crippen LogP contribution in [0.4, 0.5) is 0 Å². The average Bonchev–Trinajstić information content (AvgIpc) is 3.59. The van der Waals surface area contributed by atoms with Gasteiger partial charge in [-0.05, 0) is 30.7 Å². The zero-order valence-electron chi connectivity index (χ0n) is 18.7. The van der Waals surface area contributed by atoms with Crippen LogP contribution in [-0.2, 0) is 19.3 Å². The van der Waals surface area contributed by atoms with Gasteiger partial charge in [0.25, 0.3) is 5.91 Å². The number of fused-ring (bicyclic) bond motifs is 2. The molecule has 4 aromatic rings. The van der Waals surface area contributed by atoms with Crippen LogP contribution in [0.25, 0.3) is 11.1 Å². The van der Waals surface area contributed by atoms with Crippen molar-refractivity contribution >= 4 is 17.5 Å². The number of aliphatic hydroxyl groups excluding tert-OH is 1. The van der Waals surface area contributed by atoms with E-state index in [9.17, 15) is 9.90 Å². The smallest absolute Gasteiger partial charge is 0.272 e. The summed E-state index contributed by atoms with van der Waals surface area (Å²) in [4.78, 5) is 17.6. The van der Waals surface area contributed by atoms with Crippen LogP contribution in [-0.4, -0.2) is 53.4 Å². The minimum atomic E-state index is -1.00. The van der Waals surface area contributed by atoms with Crippen LogP contribution in [0.3, 0.4) is 0 Å². The second-order valence-electron chi connectivity index (χ2n) is 8.85. The lowest BCUT2D eigenvalue weighted by atomic mass is 9.93. The Labute approximate surface area is 200 Å². The number of amides is 1. The molecule has 1 aromatic carbocycles. The van der Waals surface area contributed by atoms with Crippen molar-refractivity contribution in [2.45, 2.75) is 25.4 Å². The Morgan fingerprint density at radius 2 is 1.97 bits per heavy atom. The SMILES string of the molecule is Cc1nocc1C(O)N1CCN2C(=O)c3cc(-c4cnn(C)c4)cn3CC21c1ccc(Cl)cc1. The Hall–Kier alpha value is -3.40. The van der Waals surface area contributed by atoms with Crippen molar-refractivity contribution in [3.05, 3.63) is 82.7 Å². The molecule has 1 fully saturated rings. The van der Waals surface area contributed by atoms with E-state index in [4.69, 9.17) is 16.1 Å². The van der Waals surface area contributed by atoms with Gasteiger partial charge in [-0.2, -0.15) is 5.10 Å². The quantitative estimate of drug-likeness (QED) is 0.484. The van der Waals surface area contributed by atoms with E-state index in [0.717, 1.165) is 16.7 Å². The zero-order valence-corrected chi connectivity index (χ0v) is 19.5. The van der Waals surface area contributed by atoms with Gasteiger partial charge in [-0.3, -0.25) is 9.48 Å². The molecule has 1 N–H and O–H groups in total. The fourth-order valence-electron chi connectivity index (χ4n) is 5.27. The Balaban J connectivity index is 1.51. The lowest BCUT2D eigenvalue weighted by Crippen LogP contribution is -2.59. The zero-order chi connectivity index (χ0) is 23.6. The van der Waals surface area contributed by atoms with Crippen LogP contribution in [0, 0.1) is 6.92 Å². The number of aryl methyl sites for hydroxylation is 2. The summed E-state index contributed by atoms with van der Waals surface area (Å²) in [6.45, 7) is 3.19. The lowest BCUT2D eigenvalue weighted by molar-refractivity contribution is -0.101. The van der Waals surface area contributed by atoms with Crippen molar-refractivity contribution in [2.24, 2.45) is 7.05 Å². The van der Waals surface area contributed by atoms with E-state index in [1.165, 1.54) is 6.26 Å². The summed E-state index contributed by atoms with van der Waals surface area (Å²) in [5.41, 5.74) is 3.62. The van der Waals surface area contributed by atoms with Crippen LogP contribution in [0.5, 0.6) is 0 Å². The molecule has 2 atom stereocenters. The first-order chi connectivity index (χ1) is 16.4. The highest BCUT2D eigenvalue weighted by Gasteiger charge is 2.56. The van der Waals surface area contributed by atoms with E-state index in [2.05, 4.69) is 10.3 Å². The maximum absolute atomic E-state index is 13.8. The summed E-state index contributed by atoms with van der Waals surface area (Å²) >= 11 is 6.20. The number of hydrogen-bond donors (Lipinski definition) is 1. The molecule has 0 aliphatic carbocycles. The van der Waals surface area contributed by atoms with E-state index in [1.54, 1.807) is 17.8 Å². The molecule has 9 nitrogen and oxygen atoms in total. The first kappa shape index (κ1) is 21.2. The number of benzene rings is 1. The van der Waals surface area contributed by atoms with Crippen molar-refractivity contribution in [1.29, 1.82) is 0 Å². The normalized spacial score (nSPS) is 21.1. The third kappa shape index (κ3) is 2.97. The molecular formula is C24H23ClN6O3. The molecule has 0 radical (unpaired) electrons. The molecule has 10 heteroatoms. The van der Waals surface area contributed by atoms with E-state index in [0.29, 0.717) is 41.6 Å². The molecule has 3 aromatic heterocycles. The van der Waals surface area contributed by atoms with Gasteiger partial charge >= 0.3 is 0 Å². The maximum atomic E-state index is 13.8. The molecule has 2 unspecified atom stereocenters. The molecule has 2 aliphatic heterocycles. The van der Waals surface area contributed by atoms with Crippen LogP contribution in [0.1, 0.15) is 33.5 Å². The number of carbonyl (C=O) groups excluding carboxylic acids is 1. The molecule has 1 amide bonds. The minimum Gasteiger partial charge on any atom is -0.374 e. The Morgan fingerprint density at radius 3 is 2.65 bits per heavy atom. The van der Waals surface area contributed by atoms with Gasteiger partial charge in [0.15, 0.2) is 0 Å². The monoisotopic (exact) mass is 478 g/mol. The third-order valence-electron chi connectivity index (χ3n) is 6.94. The first-order valence-corrected chi connectivity index (χ1v) is 11.4. The fourth-order valence-corrected chi connectivity index (χ4v) is 5.40. The molecule has 0 spiro atoms. The summed E-state index contributed by atoms with van der Waals surface area (Å²) in [7, 11) is 1.86. The predicted molar refractivity (Wildman–Crippen MR) is 124 cm³/mol. The van der Waals surface area contributed by atoms with E-state index in [-0.39, 0.29) is 5.91 Å². The summed E-state index contributed by atoms with van der Waals surface area (Å²) in [5.74, 6) is -0.0897. The molecule has 34 heavy (non-hydrogen) atoms. The molecule has 1 saturated heterocycles. The van der Waals surface area contributed by atoms with Gasteiger partial charge in [-0.1, -0.05) is 28.9 Å². The third-order valence-corrected chi connectivity index (χ3v) is 7.20. The Morgan fingerprint density at radius 1 is 1.18 bits per heavy atom. The van der Waals surface area contributed by atoms with Crippen molar-refractivity contribution in [2.75, 3.05) is 13.1 Å². The Kier molecular flexibility index (Phi) is 4.70. The van der Waals surface area contributed by atoms with Crippen molar-refractivity contribution in [3.63, 3.8) is 0 Å². The number of rotatable bonds is 4. The van der Waals surface area contributed by atoms with Gasteiger partial charge in [-0.15, -0.1) is 0 Å². The van der Waals surface area contributed by atoms with E-state index >= 15 is 0 Å². The van der Waals surface area contributed by atoms with E-state index in [1.807, 2.05) is 64.1 Å². The van der Waals surface area contributed by atoms with Crippen LogP contribution < -0.4 is 0 Å². The van der Waals surface area contributed by atoms with Crippen molar-refractivity contribution < 1.29 is 14.4 Å². The maximum Gasteiger partial charge on any atom is 0.272 e. The number of nitrogens with zero attached hydrogens (tertiary/aromatic N) is 6. The van der Waals surface area contributed by atoms with Gasteiger partial charge in [0.1, 0.15) is 23.8 Å². The van der Waals surface area contributed by atoms with Gasteiger partial charge < -0.3 is 19.1 Å². The minimum absolute atomic E-state index is 0.0897. The molecule has 5 heterocycles. The standard InChI is InChI=1S/C24H23ClN6O3/c1-15-20(13-34-27-15)22(32)30-7-8-31-23(33)21-9-16(17-10-26-28(2)11-17)12-29(21)14-24(30,31)18-3-5-19(25)6-4-18/h3-6,9-13,22,32H,7-8,14H2,1-2H3. The number of carbonyl (C=O) groups is 1. The molecule has 0 bridgehead atoms. The highest BCUT2D eigenvalue weighted by molar-refractivity contribution is 6.30. The van der Waals surface area contributed by atoms with Crippen LogP contribution in [0.15, 0.2) is 59.7 Å². The average molecular weight is 479 g/mol. The van der Waals surface area contributed by atoms with Gasteiger partial charge in [0.2, 0.25) is 0 Å². The van der Waals surface area contributed by atoms with Crippen LogP contribution in [0.2, 0.25) is 5.02 Å². The van der Waals surface area contributed by atoms with Crippen molar-refractivity contribution in [3.8, 4) is 11.1 Å². The number of aliphatic hydroxyl groups is 1. The summed E-state index contributed by atoms with van der Waals surface area (Å²) in [5, 5.41) is 20.3. The highest BCUT2D eigenvalue weighted by atomic mass is 35.5. The Bertz CT molecular complexity index is 1390. The predicted octanol–water partition coefficient (Wildman–Crippen LogP) is 3.15. The van der Waals surface area contributed by atoms with Gasteiger partial charge in [-0.25, -0.2) is 4.90 Å². The first-order valence-electron chi connectivity index (χ1n) is 11.0. The molecule has 2 aliphatic rings. The molecule has 174 valence electrons. The topological polar surface area (TPSA) is 92.6 Å². The molecule has 0 saturated carbocycles. The number of halogens is 1. The molecule has 6 rings (SSSR count). The van der Waals surface area contributed by atoms with Crippen molar-refractivity contribution in [1.82, 2.24) is 29.3 Å². The lowest BCUT2D eigenvalue weighted by Gasteiger charge is -2.48. The second-order valence-corrected chi connectivity index (χ2v) is 9.28. The van der Waals surface area contributed by atoms with Gasteiger partial charge in [0.05, 0.1) is 24.0 Å². The summed E-state index contributed by atoms with van der Waals surface area (Å²) < 4.78 is 8.81. The van der Waals surface area contributed by atoms with E-state index < -0.39 is 11.9 Å². The number of hydrogen-bond acceptors (Lipinski definition) is 6. The molecular weight excluding hydrogens is 456 g/mol. The number of aromatic nitrogens is 4. The van der Waals surface area contributed by atoms with Gasteiger partial charge in [0, 0.05) is 48.7 Å².